The lowest BCUT2D eigenvalue weighted by Gasteiger charge is -2.34. The predicted molar refractivity (Wildman–Crippen MR) is 109 cm³/mol. The number of aryl methyl sites for hydroxylation is 2. The molecule has 0 spiro atoms. The maximum absolute atomic E-state index is 13.3. The molecular weight excluding hydrogens is 360 g/mol. The van der Waals surface area contributed by atoms with Crippen LogP contribution in [-0.2, 0) is 13.6 Å². The van der Waals surface area contributed by atoms with Crippen LogP contribution in [0.4, 0.5) is 5.13 Å². The number of piperidine rings is 1. The van der Waals surface area contributed by atoms with Crippen molar-refractivity contribution >= 4 is 22.4 Å². The Bertz CT molecular complexity index is 796. The first-order valence-electron chi connectivity index (χ1n) is 9.60. The van der Waals surface area contributed by atoms with Crippen molar-refractivity contribution in [2.75, 3.05) is 32.5 Å². The molecule has 1 aliphatic rings. The van der Waals surface area contributed by atoms with E-state index in [9.17, 15) is 4.79 Å². The summed E-state index contributed by atoms with van der Waals surface area (Å²) in [4.78, 5) is 22.7. The molecule has 3 heterocycles. The van der Waals surface area contributed by atoms with E-state index in [0.717, 1.165) is 66.0 Å². The standard InChI is InChI=1S/C19H30N6OS/c1-6-20-19-21-13(2)17(27-19)18(26)25-10-8-7-9-16(25)15-11-14(12-23(3)4)24(5)22-15/h11,16H,6-10,12H2,1-5H3,(H,20,21)/t16-/m0/s1. The van der Waals surface area contributed by atoms with E-state index in [-0.39, 0.29) is 11.9 Å². The number of carbonyl (C=O) groups is 1. The van der Waals surface area contributed by atoms with E-state index >= 15 is 0 Å². The quantitative estimate of drug-likeness (QED) is 0.821. The van der Waals surface area contributed by atoms with Crippen molar-refractivity contribution in [3.8, 4) is 0 Å². The van der Waals surface area contributed by atoms with Crippen LogP contribution in [0.1, 0.15) is 59.0 Å². The molecule has 8 heteroatoms. The fourth-order valence-corrected chi connectivity index (χ4v) is 4.59. The third kappa shape index (κ3) is 4.32. The number of rotatable bonds is 6. The number of nitrogens with zero attached hydrogens (tertiary/aromatic N) is 5. The van der Waals surface area contributed by atoms with Crippen molar-refractivity contribution in [2.45, 2.75) is 45.7 Å². The molecule has 0 saturated carbocycles. The summed E-state index contributed by atoms with van der Waals surface area (Å²) in [6.07, 6.45) is 3.12. The highest BCUT2D eigenvalue weighted by Gasteiger charge is 2.32. The fraction of sp³-hybridized carbons (Fsp3) is 0.632. The highest BCUT2D eigenvalue weighted by molar-refractivity contribution is 7.17. The van der Waals surface area contributed by atoms with Gasteiger partial charge in [0.05, 0.1) is 23.1 Å². The van der Waals surface area contributed by atoms with E-state index in [1.807, 2.05) is 30.5 Å². The number of carbonyl (C=O) groups excluding carboxylic acids is 1. The first kappa shape index (κ1) is 19.8. The van der Waals surface area contributed by atoms with Gasteiger partial charge in [-0.05, 0) is 53.3 Å². The zero-order valence-electron chi connectivity index (χ0n) is 16.9. The second kappa shape index (κ2) is 8.39. The SMILES string of the molecule is CCNc1nc(C)c(C(=O)N2CCCC[C@H]2c2cc(CN(C)C)n(C)n2)s1. The molecule has 7 nitrogen and oxygen atoms in total. The maximum Gasteiger partial charge on any atom is 0.266 e. The van der Waals surface area contributed by atoms with Gasteiger partial charge in [-0.2, -0.15) is 5.10 Å². The summed E-state index contributed by atoms with van der Waals surface area (Å²) in [5.74, 6) is 0.0821. The number of nitrogens with one attached hydrogen (secondary N) is 1. The van der Waals surface area contributed by atoms with Gasteiger partial charge in [0.1, 0.15) is 4.88 Å². The average Bonchev–Trinajstić information content (AvgIpc) is 3.17. The van der Waals surface area contributed by atoms with E-state index in [2.05, 4.69) is 35.4 Å². The van der Waals surface area contributed by atoms with Crippen LogP contribution in [0.25, 0.3) is 0 Å². The summed E-state index contributed by atoms with van der Waals surface area (Å²) in [5.41, 5.74) is 2.97. The summed E-state index contributed by atoms with van der Waals surface area (Å²) >= 11 is 1.45. The number of hydrogen-bond acceptors (Lipinski definition) is 6. The van der Waals surface area contributed by atoms with Crippen LogP contribution in [0.5, 0.6) is 0 Å². The van der Waals surface area contributed by atoms with E-state index in [0.29, 0.717) is 0 Å². The van der Waals surface area contributed by atoms with Gasteiger partial charge in [-0.15, -0.1) is 0 Å². The van der Waals surface area contributed by atoms with Gasteiger partial charge in [-0.1, -0.05) is 11.3 Å². The van der Waals surface area contributed by atoms with Crippen molar-refractivity contribution < 1.29 is 4.79 Å². The Balaban J connectivity index is 1.86. The van der Waals surface area contributed by atoms with Crippen LogP contribution >= 0.6 is 11.3 Å². The van der Waals surface area contributed by atoms with Crippen LogP contribution < -0.4 is 5.32 Å². The van der Waals surface area contributed by atoms with Gasteiger partial charge in [0, 0.05) is 26.7 Å². The molecule has 1 N–H and O–H groups in total. The molecule has 3 rings (SSSR count). The summed E-state index contributed by atoms with van der Waals surface area (Å²) in [6, 6.07) is 2.19. The lowest BCUT2D eigenvalue weighted by Crippen LogP contribution is -2.38. The van der Waals surface area contributed by atoms with Crippen molar-refractivity contribution in [3.63, 3.8) is 0 Å². The molecule has 2 aromatic rings. The fourth-order valence-electron chi connectivity index (χ4n) is 3.60. The first-order valence-corrected chi connectivity index (χ1v) is 10.4. The van der Waals surface area contributed by atoms with Gasteiger partial charge < -0.3 is 15.1 Å². The number of thiazole rings is 1. The lowest BCUT2D eigenvalue weighted by atomic mass is 9.98. The normalized spacial score (nSPS) is 17.6. The molecule has 1 atom stereocenters. The largest absolute Gasteiger partial charge is 0.362 e. The van der Waals surface area contributed by atoms with E-state index in [1.165, 1.54) is 11.3 Å². The molecule has 0 aromatic carbocycles. The van der Waals surface area contributed by atoms with Crippen LogP contribution in [0.15, 0.2) is 6.07 Å². The van der Waals surface area contributed by atoms with Crippen molar-refractivity contribution in [1.82, 2.24) is 24.6 Å². The lowest BCUT2D eigenvalue weighted by molar-refractivity contribution is 0.0609. The predicted octanol–water partition coefficient (Wildman–Crippen LogP) is 3.05. The molecule has 0 radical (unpaired) electrons. The average molecular weight is 391 g/mol. The number of anilines is 1. The molecule has 2 aromatic heterocycles. The highest BCUT2D eigenvalue weighted by atomic mass is 32.1. The molecule has 0 unspecified atom stereocenters. The summed E-state index contributed by atoms with van der Waals surface area (Å²) in [6.45, 7) is 6.36. The van der Waals surface area contributed by atoms with Crippen molar-refractivity contribution in [2.24, 2.45) is 7.05 Å². The number of hydrogen-bond donors (Lipinski definition) is 1. The number of likely N-dealkylation sites (tertiary alicyclic amines) is 1. The zero-order chi connectivity index (χ0) is 19.6. The van der Waals surface area contributed by atoms with Crippen LogP contribution in [-0.4, -0.2) is 57.7 Å². The Kier molecular flexibility index (Phi) is 6.16. The molecule has 0 bridgehead atoms. The summed E-state index contributed by atoms with van der Waals surface area (Å²) < 4.78 is 1.94. The minimum Gasteiger partial charge on any atom is -0.362 e. The Morgan fingerprint density at radius 1 is 1.41 bits per heavy atom. The third-order valence-electron chi connectivity index (χ3n) is 4.90. The van der Waals surface area contributed by atoms with Crippen molar-refractivity contribution in [1.29, 1.82) is 0 Å². The second-order valence-electron chi connectivity index (χ2n) is 7.40. The minimum absolute atomic E-state index is 0.0393. The van der Waals surface area contributed by atoms with Crippen LogP contribution in [0.2, 0.25) is 0 Å². The van der Waals surface area contributed by atoms with E-state index in [4.69, 9.17) is 5.10 Å². The number of aromatic nitrogens is 3. The Morgan fingerprint density at radius 3 is 2.89 bits per heavy atom. The molecular formula is C19H30N6OS. The minimum atomic E-state index is 0.0393. The van der Waals surface area contributed by atoms with Crippen LogP contribution in [0.3, 0.4) is 0 Å². The maximum atomic E-state index is 13.3. The Hall–Kier alpha value is -1.93. The molecule has 1 aliphatic heterocycles. The molecule has 1 amide bonds. The number of amides is 1. The van der Waals surface area contributed by atoms with Gasteiger partial charge in [-0.25, -0.2) is 4.98 Å². The Labute approximate surface area is 165 Å². The van der Waals surface area contributed by atoms with Gasteiger partial charge in [-0.3, -0.25) is 9.48 Å². The highest BCUT2D eigenvalue weighted by Crippen LogP contribution is 2.34. The second-order valence-corrected chi connectivity index (χ2v) is 8.40. The Morgan fingerprint density at radius 2 is 2.19 bits per heavy atom. The molecule has 1 fully saturated rings. The molecule has 148 valence electrons. The third-order valence-corrected chi connectivity index (χ3v) is 6.00. The van der Waals surface area contributed by atoms with Gasteiger partial charge >= 0.3 is 0 Å². The van der Waals surface area contributed by atoms with E-state index < -0.39 is 0 Å². The van der Waals surface area contributed by atoms with Gasteiger partial charge in [0.15, 0.2) is 5.13 Å². The van der Waals surface area contributed by atoms with Gasteiger partial charge in [0.2, 0.25) is 0 Å². The first-order chi connectivity index (χ1) is 12.9. The molecule has 0 aliphatic carbocycles. The summed E-state index contributed by atoms with van der Waals surface area (Å²) in [7, 11) is 6.09. The molecule has 27 heavy (non-hydrogen) atoms. The van der Waals surface area contributed by atoms with Gasteiger partial charge in [0.25, 0.3) is 5.91 Å². The zero-order valence-corrected chi connectivity index (χ0v) is 17.8. The smallest absolute Gasteiger partial charge is 0.266 e. The van der Waals surface area contributed by atoms with E-state index in [1.54, 1.807) is 0 Å². The summed E-state index contributed by atoms with van der Waals surface area (Å²) in [5, 5.41) is 8.77. The van der Waals surface area contributed by atoms with Crippen LogP contribution in [0, 0.1) is 6.92 Å². The monoisotopic (exact) mass is 390 g/mol. The molecule has 1 saturated heterocycles. The van der Waals surface area contributed by atoms with Crippen molar-refractivity contribution in [3.05, 3.63) is 28.0 Å². The topological polar surface area (TPSA) is 66.3 Å².